The first-order chi connectivity index (χ1) is 16.0. The molecule has 0 spiro atoms. The summed E-state index contributed by atoms with van der Waals surface area (Å²) in [5.74, 6) is -2.34. The first kappa shape index (κ1) is 24.3. The van der Waals surface area contributed by atoms with E-state index < -0.39 is 41.4 Å². The number of likely N-dealkylation sites (tertiary alicyclic amines) is 1. The average molecular weight is 515 g/mol. The first-order valence-electron chi connectivity index (χ1n) is 10.2. The molecule has 4 atom stereocenters. The summed E-state index contributed by atoms with van der Waals surface area (Å²) in [6, 6.07) is -0.980. The molecule has 1 aromatic heterocycles. The quantitative estimate of drug-likeness (QED) is 0.110. The zero-order chi connectivity index (χ0) is 24.8. The number of aliphatic hydroxyl groups excluding tert-OH is 2. The first-order valence-corrected chi connectivity index (χ1v) is 12.0. The number of quaternary nitrogens is 1. The van der Waals surface area contributed by atoms with Crippen molar-refractivity contribution in [2.75, 3.05) is 45.3 Å². The second-order valence-corrected chi connectivity index (χ2v) is 10.4. The monoisotopic (exact) mass is 514 g/mol. The number of nitrogens with two attached hydrogens (primary N) is 1. The number of β-lactam (4-membered cyclic amide) rings is 1. The number of hydrogen-bond donors (Lipinski definition) is 5. The largest absolute Gasteiger partial charge is 0.477 e. The van der Waals surface area contributed by atoms with Gasteiger partial charge in [0.2, 0.25) is 11.5 Å². The van der Waals surface area contributed by atoms with Crippen molar-refractivity contribution in [3.63, 3.8) is 0 Å². The van der Waals surface area contributed by atoms with Crippen molar-refractivity contribution in [3.8, 4) is 0 Å². The highest BCUT2D eigenvalue weighted by Gasteiger charge is 2.55. The highest BCUT2D eigenvalue weighted by atomic mass is 32.2. The van der Waals surface area contributed by atoms with E-state index in [0.29, 0.717) is 11.3 Å². The van der Waals surface area contributed by atoms with E-state index in [0.717, 1.165) is 16.4 Å². The molecule has 184 valence electrons. The second kappa shape index (κ2) is 9.10. The maximum Gasteiger partial charge on any atom is 0.352 e. The summed E-state index contributed by atoms with van der Waals surface area (Å²) >= 11 is 2.19. The van der Waals surface area contributed by atoms with Crippen LogP contribution in [0.4, 0.5) is 5.13 Å². The van der Waals surface area contributed by atoms with Gasteiger partial charge in [0.1, 0.15) is 56.1 Å². The van der Waals surface area contributed by atoms with Crippen LogP contribution < -0.4 is 11.1 Å². The number of oxime groups is 1. The number of carboxylic acid groups (broad SMARTS) is 1. The number of aliphatic hydroxyl groups is 2. The Labute approximate surface area is 201 Å². The molecule has 14 nitrogen and oxygen atoms in total. The van der Waals surface area contributed by atoms with Gasteiger partial charge in [-0.15, -0.1) is 11.8 Å². The zero-order valence-electron chi connectivity index (χ0n) is 18.2. The molecule has 3 aliphatic heterocycles. The van der Waals surface area contributed by atoms with Crippen molar-refractivity contribution in [1.29, 1.82) is 0 Å². The smallest absolute Gasteiger partial charge is 0.352 e. The standard InChI is InChI=1S/C18H23N7O7S2/c1-25(4-8(26)9(27)5-25)3-7-6-33-16-11(15(29)24(16)12(7)17(30)31)20-14(28)10(22-32-2)13-21-18(19)34-23-13/h8-9,11,16,26-27H,3-6H2,1-2H3,(H3-,19,20,21,23,28,30,31)/p+1/b22-10-/t8-,9-,11-,16-/m1/s1. The summed E-state index contributed by atoms with van der Waals surface area (Å²) in [5.41, 5.74) is 5.70. The van der Waals surface area contributed by atoms with E-state index in [1.807, 2.05) is 7.05 Å². The Bertz CT molecular complexity index is 1080. The van der Waals surface area contributed by atoms with Gasteiger partial charge in [-0.05, 0) is 0 Å². The molecule has 1 aromatic rings. The maximum atomic E-state index is 12.9. The number of nitrogens with zero attached hydrogens (tertiary/aromatic N) is 5. The van der Waals surface area contributed by atoms with E-state index in [2.05, 4.69) is 19.8 Å². The van der Waals surface area contributed by atoms with Gasteiger partial charge in [0.25, 0.3) is 11.8 Å². The van der Waals surface area contributed by atoms with Crippen LogP contribution in [0.1, 0.15) is 5.82 Å². The Morgan fingerprint density at radius 3 is 2.59 bits per heavy atom. The molecule has 4 rings (SSSR count). The predicted octanol–water partition coefficient (Wildman–Crippen LogP) is -2.61. The van der Waals surface area contributed by atoms with Crippen molar-refractivity contribution >= 4 is 51.9 Å². The molecule has 6 N–H and O–H groups in total. The zero-order valence-corrected chi connectivity index (χ0v) is 19.9. The van der Waals surface area contributed by atoms with E-state index in [1.54, 1.807) is 0 Å². The van der Waals surface area contributed by atoms with Crippen LogP contribution in [0, 0.1) is 0 Å². The van der Waals surface area contributed by atoms with Crippen LogP contribution in [0.25, 0.3) is 0 Å². The number of amides is 2. The van der Waals surface area contributed by atoms with Crippen molar-refractivity contribution < 1.29 is 39.0 Å². The van der Waals surface area contributed by atoms with Crippen molar-refractivity contribution in [2.45, 2.75) is 23.6 Å². The van der Waals surface area contributed by atoms with Crippen LogP contribution in [0.3, 0.4) is 0 Å². The fourth-order valence-corrected chi connectivity index (χ4v) is 6.20. The van der Waals surface area contributed by atoms with Gasteiger partial charge in [-0.25, -0.2) is 4.79 Å². The molecule has 16 heteroatoms. The van der Waals surface area contributed by atoms with Crippen LogP contribution in [0.2, 0.25) is 0 Å². The van der Waals surface area contributed by atoms with Gasteiger partial charge in [0.05, 0.1) is 7.05 Å². The van der Waals surface area contributed by atoms with Crippen molar-refractivity contribution in [1.82, 2.24) is 19.6 Å². The third-order valence-electron chi connectivity index (χ3n) is 5.86. The van der Waals surface area contributed by atoms with Gasteiger partial charge >= 0.3 is 5.97 Å². The number of thioether (sulfide) groups is 1. The number of nitrogen functional groups attached to an aromatic ring is 1. The van der Waals surface area contributed by atoms with Gasteiger partial charge in [-0.2, -0.15) is 9.36 Å². The molecule has 0 bridgehead atoms. The molecular formula is C18H24N7O7S2+. The number of rotatable bonds is 7. The van der Waals surface area contributed by atoms with E-state index >= 15 is 0 Å². The molecule has 0 aliphatic carbocycles. The molecule has 0 radical (unpaired) electrons. The number of carbonyl (C=O) groups is 3. The molecule has 2 fully saturated rings. The minimum absolute atomic E-state index is 0.0536. The highest BCUT2D eigenvalue weighted by molar-refractivity contribution is 8.00. The average Bonchev–Trinajstić information content (AvgIpc) is 3.30. The van der Waals surface area contributed by atoms with Crippen LogP contribution >= 0.6 is 23.3 Å². The highest BCUT2D eigenvalue weighted by Crippen LogP contribution is 2.41. The molecule has 2 amide bonds. The molecular weight excluding hydrogens is 490 g/mol. The molecule has 0 aromatic carbocycles. The molecule has 0 saturated carbocycles. The number of carboxylic acids is 1. The van der Waals surface area contributed by atoms with Crippen LogP contribution in [-0.4, -0.2) is 121 Å². The van der Waals surface area contributed by atoms with Crippen molar-refractivity contribution in [2.24, 2.45) is 5.16 Å². The summed E-state index contributed by atoms with van der Waals surface area (Å²) in [6.07, 6.45) is -1.78. The lowest BCUT2D eigenvalue weighted by Gasteiger charge is -2.49. The molecule has 34 heavy (non-hydrogen) atoms. The van der Waals surface area contributed by atoms with Gasteiger partial charge in [0, 0.05) is 22.9 Å². The van der Waals surface area contributed by atoms with Gasteiger partial charge in [-0.1, -0.05) is 5.16 Å². The Hall–Kier alpha value is -2.79. The molecule has 3 aliphatic rings. The molecule has 2 saturated heterocycles. The summed E-state index contributed by atoms with van der Waals surface area (Å²) in [5, 5.41) is 35.4. The second-order valence-electron chi connectivity index (χ2n) is 8.47. The number of nitrogens with one attached hydrogen (secondary N) is 1. The lowest BCUT2D eigenvalue weighted by Crippen LogP contribution is -2.71. The van der Waals surface area contributed by atoms with Crippen LogP contribution in [0.5, 0.6) is 0 Å². The van der Waals surface area contributed by atoms with E-state index in [4.69, 9.17) is 10.6 Å². The van der Waals surface area contributed by atoms with Gasteiger partial charge in [0.15, 0.2) is 5.13 Å². The SMILES string of the molecule is CO/N=C(\C(=O)N[C@@H]1C(=O)N2C(C(=O)O)=C(C[N+]3(C)C[C@@H](O)[C@H](O)C3)CS[C@H]12)c1nsc(N)n1. The van der Waals surface area contributed by atoms with Gasteiger partial charge in [-0.3, -0.25) is 14.5 Å². The summed E-state index contributed by atoms with van der Waals surface area (Å²) in [6.45, 7) is 0.808. The fraction of sp³-hybridized carbons (Fsp3) is 0.556. The number of anilines is 1. The maximum absolute atomic E-state index is 12.9. The number of likely N-dealkylation sites (N-methyl/N-ethyl adjacent to an activating group) is 1. The minimum Gasteiger partial charge on any atom is -0.477 e. The third-order valence-corrected chi connectivity index (χ3v) is 7.74. The minimum atomic E-state index is -1.26. The van der Waals surface area contributed by atoms with E-state index in [-0.39, 0.29) is 46.5 Å². The summed E-state index contributed by atoms with van der Waals surface area (Å²) in [4.78, 5) is 47.6. The predicted molar refractivity (Wildman–Crippen MR) is 120 cm³/mol. The molecule has 4 heterocycles. The van der Waals surface area contributed by atoms with E-state index in [1.165, 1.54) is 18.9 Å². The Kier molecular flexibility index (Phi) is 6.52. The van der Waals surface area contributed by atoms with Gasteiger partial charge < -0.3 is 35.7 Å². The van der Waals surface area contributed by atoms with Crippen LogP contribution in [-0.2, 0) is 19.2 Å². The number of fused-ring (bicyclic) bond motifs is 1. The van der Waals surface area contributed by atoms with Crippen molar-refractivity contribution in [3.05, 3.63) is 17.1 Å². The molecule has 0 unspecified atom stereocenters. The normalized spacial score (nSPS) is 28.4. The van der Waals surface area contributed by atoms with Crippen LogP contribution in [0.15, 0.2) is 16.4 Å². The number of aliphatic carboxylic acids is 1. The number of hydrogen-bond acceptors (Lipinski definition) is 12. The third kappa shape index (κ3) is 4.34. The number of aromatic nitrogens is 2. The lowest BCUT2D eigenvalue weighted by atomic mass is 10.0. The summed E-state index contributed by atoms with van der Waals surface area (Å²) in [7, 11) is 3.06. The number of carbonyl (C=O) groups excluding carboxylic acids is 2. The fourth-order valence-electron chi connectivity index (χ4n) is 4.43. The van der Waals surface area contributed by atoms with E-state index in [9.17, 15) is 29.7 Å². The summed E-state index contributed by atoms with van der Waals surface area (Å²) < 4.78 is 4.18. The Morgan fingerprint density at radius 2 is 2.03 bits per heavy atom. The Morgan fingerprint density at radius 1 is 1.35 bits per heavy atom. The Balaban J connectivity index is 1.52. The topological polar surface area (TPSA) is 201 Å². The lowest BCUT2D eigenvalue weighted by molar-refractivity contribution is -0.895.